The van der Waals surface area contributed by atoms with E-state index in [0.29, 0.717) is 26.4 Å². The second-order valence-electron chi connectivity index (χ2n) is 5.09. The third-order valence-corrected chi connectivity index (χ3v) is 4.62. The number of ether oxygens (including phenoxy) is 1. The number of aromatic hydroxyl groups is 1. The van der Waals surface area contributed by atoms with E-state index in [0.717, 1.165) is 0 Å². The molecule has 0 fully saturated rings. The van der Waals surface area contributed by atoms with Crippen LogP contribution < -0.4 is 10.1 Å². The summed E-state index contributed by atoms with van der Waals surface area (Å²) in [6.45, 7) is 1.99. The van der Waals surface area contributed by atoms with Gasteiger partial charge in [-0.15, -0.1) is 11.3 Å². The Kier molecular flexibility index (Phi) is 5.16. The number of hydrogen-bond donors (Lipinski definition) is 2. The molecule has 6 nitrogen and oxygen atoms in total. The van der Waals surface area contributed by atoms with E-state index < -0.39 is 0 Å². The number of rotatable bonds is 5. The normalized spacial score (nSPS) is 10.5. The number of carbonyl (C=O) groups is 1. The molecular weight excluding hydrogens is 362 g/mol. The number of hydrogen-bond acceptors (Lipinski definition) is 6. The van der Waals surface area contributed by atoms with Gasteiger partial charge in [0.15, 0.2) is 11.6 Å². The molecule has 0 saturated heterocycles. The molecule has 0 saturated carbocycles. The summed E-state index contributed by atoms with van der Waals surface area (Å²) in [5.41, 5.74) is 0.590. The lowest BCUT2D eigenvalue weighted by molar-refractivity contribution is 0.102. The van der Waals surface area contributed by atoms with Crippen LogP contribution in [0, 0.1) is 6.92 Å². The molecule has 128 valence electrons. The van der Waals surface area contributed by atoms with E-state index in [2.05, 4.69) is 15.3 Å². The monoisotopic (exact) mass is 375 g/mol. The Labute approximate surface area is 153 Å². The minimum Gasteiger partial charge on any atom is -0.504 e. The number of aryl methyl sites for hydroxylation is 1. The molecule has 8 heteroatoms. The van der Waals surface area contributed by atoms with Crippen molar-refractivity contribution < 1.29 is 14.6 Å². The molecule has 3 aromatic rings. The van der Waals surface area contributed by atoms with Crippen LogP contribution in [0.1, 0.15) is 20.4 Å². The summed E-state index contributed by atoms with van der Waals surface area (Å²) >= 11 is 7.06. The molecule has 0 aliphatic heterocycles. The first kappa shape index (κ1) is 17.2. The first-order valence-corrected chi connectivity index (χ1v) is 8.52. The lowest BCUT2D eigenvalue weighted by Gasteiger charge is -2.04. The number of amides is 1. The number of halogens is 1. The van der Waals surface area contributed by atoms with E-state index in [9.17, 15) is 9.90 Å². The van der Waals surface area contributed by atoms with Crippen molar-refractivity contribution in [1.82, 2.24) is 9.97 Å². The van der Waals surface area contributed by atoms with Crippen LogP contribution in [-0.4, -0.2) is 21.0 Å². The van der Waals surface area contributed by atoms with Gasteiger partial charge in [-0.25, -0.2) is 9.97 Å². The van der Waals surface area contributed by atoms with Gasteiger partial charge in [0.05, 0.1) is 5.69 Å². The predicted molar refractivity (Wildman–Crippen MR) is 96.5 cm³/mol. The molecule has 3 rings (SSSR count). The largest absolute Gasteiger partial charge is 0.504 e. The average Bonchev–Trinajstić information content (AvgIpc) is 2.97. The molecule has 0 unspecified atom stereocenters. The van der Waals surface area contributed by atoms with E-state index in [1.54, 1.807) is 37.3 Å². The minimum atomic E-state index is -0.373. The molecule has 2 N–H and O–H groups in total. The second kappa shape index (κ2) is 7.50. The third kappa shape index (κ3) is 4.26. The zero-order valence-electron chi connectivity index (χ0n) is 13.2. The number of benzene rings is 1. The number of carbonyl (C=O) groups excluding carboxylic acids is 1. The van der Waals surface area contributed by atoms with Crippen molar-refractivity contribution in [2.75, 3.05) is 5.32 Å². The van der Waals surface area contributed by atoms with E-state index in [1.807, 2.05) is 0 Å². The Bertz CT molecular complexity index is 896. The van der Waals surface area contributed by atoms with Gasteiger partial charge < -0.3 is 15.2 Å². The summed E-state index contributed by atoms with van der Waals surface area (Å²) < 4.78 is 5.64. The van der Waals surface area contributed by atoms with Gasteiger partial charge >= 0.3 is 0 Å². The van der Waals surface area contributed by atoms with Crippen LogP contribution in [-0.2, 0) is 6.61 Å². The Morgan fingerprint density at radius 2 is 2.08 bits per heavy atom. The van der Waals surface area contributed by atoms with E-state index >= 15 is 0 Å². The summed E-state index contributed by atoms with van der Waals surface area (Å²) in [7, 11) is 0. The van der Waals surface area contributed by atoms with Crippen LogP contribution in [0.2, 0.25) is 5.02 Å². The van der Waals surface area contributed by atoms with Crippen LogP contribution in [0.25, 0.3) is 0 Å². The number of nitrogens with one attached hydrogen (secondary N) is 1. The maximum atomic E-state index is 12.4. The van der Waals surface area contributed by atoms with Gasteiger partial charge in [0.2, 0.25) is 0 Å². The lowest BCUT2D eigenvalue weighted by Crippen LogP contribution is -2.12. The molecule has 0 radical (unpaired) electrons. The van der Waals surface area contributed by atoms with E-state index in [-0.39, 0.29) is 24.1 Å². The predicted octanol–water partition coefficient (Wildman–Crippen LogP) is 4.04. The van der Waals surface area contributed by atoms with Crippen LogP contribution in [0.4, 0.5) is 5.82 Å². The fraction of sp³-hybridized carbons (Fsp3) is 0.118. The number of thiazole rings is 1. The van der Waals surface area contributed by atoms with Crippen LogP contribution in [0.3, 0.4) is 0 Å². The molecular formula is C17H14ClN3O3S. The van der Waals surface area contributed by atoms with Crippen molar-refractivity contribution in [3.05, 3.63) is 63.2 Å². The smallest absolute Gasteiger partial charge is 0.268 e. The molecule has 0 atom stereocenters. The summed E-state index contributed by atoms with van der Waals surface area (Å²) in [5.74, 6) is 0.312. The minimum absolute atomic E-state index is 0.0932. The van der Waals surface area contributed by atoms with Crippen LogP contribution in [0.15, 0.2) is 42.6 Å². The second-order valence-corrected chi connectivity index (χ2v) is 6.61. The number of aromatic nitrogens is 2. The van der Waals surface area contributed by atoms with Crippen molar-refractivity contribution in [2.24, 2.45) is 0 Å². The summed E-state index contributed by atoms with van der Waals surface area (Å²) in [6.07, 6.45) is 1.49. The topological polar surface area (TPSA) is 84.3 Å². The van der Waals surface area contributed by atoms with Gasteiger partial charge in [0.1, 0.15) is 22.2 Å². The summed E-state index contributed by atoms with van der Waals surface area (Å²) in [5, 5.41) is 13.6. The first-order chi connectivity index (χ1) is 12.0. The lowest BCUT2D eigenvalue weighted by atomic mass is 10.3. The zero-order valence-corrected chi connectivity index (χ0v) is 14.8. The maximum absolute atomic E-state index is 12.4. The van der Waals surface area contributed by atoms with Gasteiger partial charge in [-0.05, 0) is 43.3 Å². The maximum Gasteiger partial charge on any atom is 0.268 e. The highest BCUT2D eigenvalue weighted by Crippen LogP contribution is 2.24. The van der Waals surface area contributed by atoms with E-state index in [1.165, 1.54) is 23.6 Å². The molecule has 1 aromatic carbocycles. The quantitative estimate of drug-likeness (QED) is 0.703. The Morgan fingerprint density at radius 3 is 2.80 bits per heavy atom. The molecule has 0 aliphatic rings. The number of nitrogens with zero attached hydrogens (tertiary/aromatic N) is 2. The van der Waals surface area contributed by atoms with Crippen molar-refractivity contribution >= 4 is 34.7 Å². The van der Waals surface area contributed by atoms with Gasteiger partial charge in [0, 0.05) is 11.2 Å². The highest BCUT2D eigenvalue weighted by molar-refractivity contribution is 7.13. The summed E-state index contributed by atoms with van der Waals surface area (Å²) in [4.78, 5) is 21.1. The SMILES string of the molecule is Cc1nc(COc2ccc(Cl)cc2)sc1C(=O)Nc1ncccc1O. The van der Waals surface area contributed by atoms with Gasteiger partial charge in [-0.1, -0.05) is 11.6 Å². The van der Waals surface area contributed by atoms with Crippen molar-refractivity contribution in [3.8, 4) is 11.5 Å². The standard InChI is InChI=1S/C17H14ClN3O3S/c1-10-15(17(23)21-16-13(22)3-2-8-19-16)25-14(20-10)9-24-12-6-4-11(18)5-7-12/h2-8,22H,9H2,1H3,(H,19,21,23). The summed E-state index contributed by atoms with van der Waals surface area (Å²) in [6, 6.07) is 10.0. The van der Waals surface area contributed by atoms with Crippen LogP contribution in [0.5, 0.6) is 11.5 Å². The molecule has 25 heavy (non-hydrogen) atoms. The van der Waals surface area contributed by atoms with Gasteiger partial charge in [-0.2, -0.15) is 0 Å². The molecule has 0 bridgehead atoms. The van der Waals surface area contributed by atoms with Crippen molar-refractivity contribution in [2.45, 2.75) is 13.5 Å². The Hall–Kier alpha value is -2.64. The number of anilines is 1. The highest BCUT2D eigenvalue weighted by Gasteiger charge is 2.17. The first-order valence-electron chi connectivity index (χ1n) is 7.33. The van der Waals surface area contributed by atoms with Crippen molar-refractivity contribution in [1.29, 1.82) is 0 Å². The molecule has 0 aliphatic carbocycles. The molecule has 2 aromatic heterocycles. The Morgan fingerprint density at radius 1 is 1.32 bits per heavy atom. The Balaban J connectivity index is 1.68. The van der Waals surface area contributed by atoms with Crippen LogP contribution >= 0.6 is 22.9 Å². The molecule has 1 amide bonds. The van der Waals surface area contributed by atoms with Crippen molar-refractivity contribution in [3.63, 3.8) is 0 Å². The molecule has 2 heterocycles. The average molecular weight is 376 g/mol. The number of pyridine rings is 1. The zero-order chi connectivity index (χ0) is 17.8. The highest BCUT2D eigenvalue weighted by atomic mass is 35.5. The fourth-order valence-corrected chi connectivity index (χ4v) is 3.06. The molecule has 0 spiro atoms. The van der Waals surface area contributed by atoms with Gasteiger partial charge in [-0.3, -0.25) is 4.79 Å². The van der Waals surface area contributed by atoms with E-state index in [4.69, 9.17) is 16.3 Å². The van der Waals surface area contributed by atoms with Gasteiger partial charge in [0.25, 0.3) is 5.91 Å². The third-order valence-electron chi connectivity index (χ3n) is 3.24. The fourth-order valence-electron chi connectivity index (χ4n) is 2.06.